The van der Waals surface area contributed by atoms with Gasteiger partial charge in [0, 0.05) is 4.47 Å². The zero-order valence-electron chi connectivity index (χ0n) is 6.22. The molecule has 0 radical (unpaired) electrons. The SMILES string of the molecule is Brc1ccccc1.c1nnco1. The maximum absolute atomic E-state index is 4.36. The number of hydrogen-bond donors (Lipinski definition) is 0. The first-order valence-corrected chi connectivity index (χ1v) is 4.08. The van der Waals surface area contributed by atoms with E-state index in [0.717, 1.165) is 4.47 Å². The quantitative estimate of drug-likeness (QED) is 0.694. The monoisotopic (exact) mass is 226 g/mol. The van der Waals surface area contributed by atoms with Gasteiger partial charge in [-0.2, -0.15) is 0 Å². The van der Waals surface area contributed by atoms with Crippen molar-refractivity contribution in [1.82, 2.24) is 10.2 Å². The molecule has 0 bridgehead atoms. The van der Waals surface area contributed by atoms with Gasteiger partial charge in [-0.25, -0.2) is 0 Å². The highest BCUT2D eigenvalue weighted by Crippen LogP contribution is 2.05. The Morgan fingerprint density at radius 2 is 1.58 bits per heavy atom. The van der Waals surface area contributed by atoms with Crippen LogP contribution in [0.4, 0.5) is 0 Å². The maximum Gasteiger partial charge on any atom is 0.203 e. The van der Waals surface area contributed by atoms with E-state index in [1.807, 2.05) is 30.3 Å². The molecule has 4 heteroatoms. The molecule has 0 amide bonds. The van der Waals surface area contributed by atoms with Crippen LogP contribution in [0.2, 0.25) is 0 Å². The zero-order chi connectivity index (χ0) is 8.65. The highest BCUT2D eigenvalue weighted by atomic mass is 79.9. The molecule has 0 unspecified atom stereocenters. The van der Waals surface area contributed by atoms with Crippen LogP contribution < -0.4 is 0 Å². The standard InChI is InChI=1S/C6H5Br.C2H2N2O/c7-6-4-2-1-3-5-6;1-3-4-2-5-1/h1-5H;1-2H. The largest absolute Gasteiger partial charge is 0.431 e. The minimum atomic E-state index is 1.13. The molecule has 0 saturated heterocycles. The van der Waals surface area contributed by atoms with Crippen molar-refractivity contribution in [3.05, 3.63) is 47.6 Å². The van der Waals surface area contributed by atoms with Gasteiger partial charge < -0.3 is 4.42 Å². The molecular weight excluding hydrogens is 220 g/mol. The average molecular weight is 227 g/mol. The fourth-order valence-corrected chi connectivity index (χ4v) is 0.856. The lowest BCUT2D eigenvalue weighted by Gasteiger charge is -1.80. The first-order chi connectivity index (χ1) is 5.89. The predicted octanol–water partition coefficient (Wildman–Crippen LogP) is 2.52. The third kappa shape index (κ3) is 3.88. The lowest BCUT2D eigenvalue weighted by molar-refractivity contribution is 0.553. The summed E-state index contributed by atoms with van der Waals surface area (Å²) >= 11 is 3.31. The first-order valence-electron chi connectivity index (χ1n) is 3.29. The highest BCUT2D eigenvalue weighted by molar-refractivity contribution is 9.10. The van der Waals surface area contributed by atoms with Crippen LogP contribution in [0.25, 0.3) is 0 Å². The Morgan fingerprint density at radius 1 is 1.00 bits per heavy atom. The number of benzene rings is 1. The van der Waals surface area contributed by atoms with Crippen LogP contribution in [0.15, 0.2) is 52.0 Å². The Balaban J connectivity index is 0.000000127. The molecule has 0 fully saturated rings. The zero-order valence-corrected chi connectivity index (χ0v) is 7.81. The van der Waals surface area contributed by atoms with Crippen LogP contribution in [0, 0.1) is 0 Å². The number of aromatic nitrogens is 2. The van der Waals surface area contributed by atoms with Crippen molar-refractivity contribution in [2.75, 3.05) is 0 Å². The van der Waals surface area contributed by atoms with Crippen LogP contribution in [-0.4, -0.2) is 10.2 Å². The van der Waals surface area contributed by atoms with Crippen molar-refractivity contribution in [3.63, 3.8) is 0 Å². The molecule has 0 saturated carbocycles. The van der Waals surface area contributed by atoms with Gasteiger partial charge in [-0.1, -0.05) is 34.1 Å². The van der Waals surface area contributed by atoms with Crippen LogP contribution in [-0.2, 0) is 0 Å². The second-order valence-corrected chi connectivity index (χ2v) is 2.79. The smallest absolute Gasteiger partial charge is 0.203 e. The summed E-state index contributed by atoms with van der Waals surface area (Å²) in [6, 6.07) is 9.97. The van der Waals surface area contributed by atoms with Crippen LogP contribution in [0.1, 0.15) is 0 Å². The van der Waals surface area contributed by atoms with Crippen LogP contribution >= 0.6 is 15.9 Å². The van der Waals surface area contributed by atoms with Gasteiger partial charge >= 0.3 is 0 Å². The van der Waals surface area contributed by atoms with Crippen molar-refractivity contribution in [2.24, 2.45) is 0 Å². The van der Waals surface area contributed by atoms with Gasteiger partial charge in [0.15, 0.2) is 0 Å². The van der Waals surface area contributed by atoms with Gasteiger partial charge in [-0.3, -0.25) is 0 Å². The lowest BCUT2D eigenvalue weighted by Crippen LogP contribution is -1.55. The van der Waals surface area contributed by atoms with E-state index in [-0.39, 0.29) is 0 Å². The summed E-state index contributed by atoms with van der Waals surface area (Å²) in [6.07, 6.45) is 2.53. The fraction of sp³-hybridized carbons (Fsp3) is 0. The van der Waals surface area contributed by atoms with Gasteiger partial charge in [0.1, 0.15) is 0 Å². The third-order valence-electron chi connectivity index (χ3n) is 1.02. The molecule has 0 atom stereocenters. The molecule has 0 aliphatic rings. The van der Waals surface area contributed by atoms with Crippen LogP contribution in [0.3, 0.4) is 0 Å². The molecule has 0 aliphatic heterocycles. The van der Waals surface area contributed by atoms with E-state index in [0.29, 0.717) is 0 Å². The summed E-state index contributed by atoms with van der Waals surface area (Å²) in [6.45, 7) is 0. The summed E-state index contributed by atoms with van der Waals surface area (Å²) in [5, 5.41) is 6.61. The second kappa shape index (κ2) is 5.49. The summed E-state index contributed by atoms with van der Waals surface area (Å²) in [4.78, 5) is 0. The predicted molar refractivity (Wildman–Crippen MR) is 48.4 cm³/mol. The summed E-state index contributed by atoms with van der Waals surface area (Å²) in [7, 11) is 0. The number of rotatable bonds is 0. The molecule has 1 aromatic carbocycles. The second-order valence-electron chi connectivity index (χ2n) is 1.87. The van der Waals surface area contributed by atoms with E-state index < -0.39 is 0 Å². The highest BCUT2D eigenvalue weighted by Gasteiger charge is 1.74. The van der Waals surface area contributed by atoms with E-state index in [4.69, 9.17) is 0 Å². The minimum Gasteiger partial charge on any atom is -0.431 e. The average Bonchev–Trinajstić information content (AvgIpc) is 2.62. The van der Waals surface area contributed by atoms with Gasteiger partial charge in [0.05, 0.1) is 0 Å². The van der Waals surface area contributed by atoms with E-state index in [2.05, 4.69) is 30.5 Å². The topological polar surface area (TPSA) is 38.9 Å². The van der Waals surface area contributed by atoms with Crippen molar-refractivity contribution < 1.29 is 4.42 Å². The molecule has 2 aromatic rings. The van der Waals surface area contributed by atoms with E-state index >= 15 is 0 Å². The first kappa shape index (κ1) is 8.93. The third-order valence-corrected chi connectivity index (χ3v) is 1.54. The Morgan fingerprint density at radius 3 is 1.83 bits per heavy atom. The minimum absolute atomic E-state index is 1.13. The van der Waals surface area contributed by atoms with E-state index in [1.54, 1.807) is 0 Å². The van der Waals surface area contributed by atoms with Gasteiger partial charge in [0.25, 0.3) is 0 Å². The van der Waals surface area contributed by atoms with Crippen molar-refractivity contribution in [3.8, 4) is 0 Å². The summed E-state index contributed by atoms with van der Waals surface area (Å²) < 4.78 is 5.50. The van der Waals surface area contributed by atoms with E-state index in [9.17, 15) is 0 Å². The van der Waals surface area contributed by atoms with Crippen molar-refractivity contribution in [2.45, 2.75) is 0 Å². The Kier molecular flexibility index (Phi) is 4.08. The molecule has 0 N–H and O–H groups in total. The summed E-state index contributed by atoms with van der Waals surface area (Å²) in [5.41, 5.74) is 0. The van der Waals surface area contributed by atoms with Crippen molar-refractivity contribution in [1.29, 1.82) is 0 Å². The van der Waals surface area contributed by atoms with Gasteiger partial charge in [-0.05, 0) is 12.1 Å². The normalized spacial score (nSPS) is 8.42. The number of hydrogen-bond acceptors (Lipinski definition) is 3. The Labute approximate surface area is 78.6 Å². The number of nitrogens with zero attached hydrogens (tertiary/aromatic N) is 2. The summed E-state index contributed by atoms with van der Waals surface area (Å²) in [5.74, 6) is 0. The molecule has 0 spiro atoms. The van der Waals surface area contributed by atoms with Gasteiger partial charge in [0.2, 0.25) is 12.8 Å². The Bertz CT molecular complexity index is 266. The van der Waals surface area contributed by atoms with Gasteiger partial charge in [-0.15, -0.1) is 10.2 Å². The molecule has 2 rings (SSSR count). The lowest BCUT2D eigenvalue weighted by atomic mass is 10.4. The fourth-order valence-electron chi connectivity index (χ4n) is 0.551. The molecule has 3 nitrogen and oxygen atoms in total. The molecule has 0 aliphatic carbocycles. The Hall–Kier alpha value is -1.16. The van der Waals surface area contributed by atoms with Crippen molar-refractivity contribution >= 4 is 15.9 Å². The molecule has 1 heterocycles. The van der Waals surface area contributed by atoms with E-state index in [1.165, 1.54) is 12.8 Å². The molecule has 62 valence electrons. The maximum atomic E-state index is 4.36. The molecule has 12 heavy (non-hydrogen) atoms. The van der Waals surface area contributed by atoms with Crippen LogP contribution in [0.5, 0.6) is 0 Å². The molecular formula is C8H7BrN2O. The number of halogens is 1. The molecule has 1 aromatic heterocycles.